The van der Waals surface area contributed by atoms with Gasteiger partial charge in [-0.1, -0.05) is 24.3 Å². The van der Waals surface area contributed by atoms with Crippen LogP contribution in [-0.2, 0) is 9.53 Å². The molecule has 8 heteroatoms. The van der Waals surface area contributed by atoms with E-state index in [1.54, 1.807) is 49.5 Å². The zero-order valence-electron chi connectivity index (χ0n) is 15.5. The molecule has 0 atom stereocenters. The molecule has 0 saturated heterocycles. The maximum Gasteiger partial charge on any atom is 0.330 e. The number of aromatic nitrogens is 2. The first-order valence-electron chi connectivity index (χ1n) is 8.77. The highest BCUT2D eigenvalue weighted by Crippen LogP contribution is 2.28. The van der Waals surface area contributed by atoms with Crippen molar-refractivity contribution in [3.05, 3.63) is 82.2 Å². The van der Waals surface area contributed by atoms with Gasteiger partial charge in [0.05, 0.1) is 22.9 Å². The average molecular weight is 391 g/mol. The van der Waals surface area contributed by atoms with E-state index < -0.39 is 10.9 Å². The van der Waals surface area contributed by atoms with E-state index in [9.17, 15) is 19.7 Å². The van der Waals surface area contributed by atoms with Gasteiger partial charge in [-0.25, -0.2) is 9.48 Å². The number of carbonyl (C=O) groups excluding carboxylic acids is 2. The molecule has 1 heterocycles. The molecule has 0 saturated carbocycles. The highest BCUT2D eigenvalue weighted by atomic mass is 16.6. The molecule has 0 aliphatic rings. The maximum atomic E-state index is 11.7. The third kappa shape index (κ3) is 4.44. The first kappa shape index (κ1) is 19.7. The Morgan fingerprint density at radius 1 is 1.17 bits per heavy atom. The molecule has 0 aliphatic heterocycles. The standard InChI is InChI=1S/C21H17N3O5/c1-2-29-21(26)12-11-20-19(18-6-4-3-5-15(18)14-25)13-23(22-20)16-7-9-17(10-8-16)24(27)28/h3-14H,2H2,1H3/b12-11+. The molecule has 0 amide bonds. The normalized spacial score (nSPS) is 10.8. The zero-order chi connectivity index (χ0) is 20.8. The second-order valence-electron chi connectivity index (χ2n) is 5.94. The molecule has 0 N–H and O–H groups in total. The van der Waals surface area contributed by atoms with Gasteiger partial charge in [0.25, 0.3) is 5.69 Å². The molecular formula is C21H17N3O5. The third-order valence-corrected chi connectivity index (χ3v) is 4.11. The van der Waals surface area contributed by atoms with Gasteiger partial charge in [-0.2, -0.15) is 5.10 Å². The minimum absolute atomic E-state index is 0.0325. The Bertz CT molecular complexity index is 1080. The summed E-state index contributed by atoms with van der Waals surface area (Å²) in [5.41, 5.74) is 2.77. The van der Waals surface area contributed by atoms with E-state index in [-0.39, 0.29) is 12.3 Å². The van der Waals surface area contributed by atoms with Crippen LogP contribution < -0.4 is 0 Å². The fourth-order valence-electron chi connectivity index (χ4n) is 2.76. The van der Waals surface area contributed by atoms with Gasteiger partial charge < -0.3 is 4.74 Å². The number of hydrogen-bond acceptors (Lipinski definition) is 6. The average Bonchev–Trinajstić information content (AvgIpc) is 3.16. The van der Waals surface area contributed by atoms with E-state index in [0.29, 0.717) is 28.1 Å². The number of hydrogen-bond donors (Lipinski definition) is 0. The van der Waals surface area contributed by atoms with Gasteiger partial charge in [-0.05, 0) is 30.7 Å². The zero-order valence-corrected chi connectivity index (χ0v) is 15.5. The number of nitro benzene ring substituents is 1. The highest BCUT2D eigenvalue weighted by molar-refractivity contribution is 5.92. The van der Waals surface area contributed by atoms with Crippen molar-refractivity contribution >= 4 is 24.0 Å². The lowest BCUT2D eigenvalue weighted by Crippen LogP contribution is -1.99. The van der Waals surface area contributed by atoms with Crippen LogP contribution in [0.15, 0.2) is 60.8 Å². The number of carbonyl (C=O) groups is 2. The van der Waals surface area contributed by atoms with E-state index in [4.69, 9.17) is 4.74 Å². The number of rotatable bonds is 7. The lowest BCUT2D eigenvalue weighted by molar-refractivity contribution is -0.384. The van der Waals surface area contributed by atoms with E-state index in [0.717, 1.165) is 6.29 Å². The number of aldehydes is 1. The van der Waals surface area contributed by atoms with Crippen molar-refractivity contribution < 1.29 is 19.2 Å². The summed E-state index contributed by atoms with van der Waals surface area (Å²) in [6.07, 6.45) is 5.22. The molecular weight excluding hydrogens is 374 g/mol. The van der Waals surface area contributed by atoms with Crippen molar-refractivity contribution in [3.8, 4) is 16.8 Å². The summed E-state index contributed by atoms with van der Waals surface area (Å²) in [4.78, 5) is 33.5. The van der Waals surface area contributed by atoms with Crippen molar-refractivity contribution in [2.45, 2.75) is 6.92 Å². The predicted octanol–water partition coefficient (Wildman–Crippen LogP) is 3.84. The quantitative estimate of drug-likeness (QED) is 0.199. The van der Waals surface area contributed by atoms with Gasteiger partial charge >= 0.3 is 5.97 Å². The summed E-state index contributed by atoms with van der Waals surface area (Å²) < 4.78 is 6.43. The number of nitro groups is 1. The van der Waals surface area contributed by atoms with Crippen LogP contribution >= 0.6 is 0 Å². The second-order valence-corrected chi connectivity index (χ2v) is 5.94. The molecule has 0 spiro atoms. The summed E-state index contributed by atoms with van der Waals surface area (Å²) in [6, 6.07) is 12.9. The van der Waals surface area contributed by atoms with Crippen LogP contribution in [0.3, 0.4) is 0 Å². The van der Waals surface area contributed by atoms with Crippen LogP contribution in [0.25, 0.3) is 22.9 Å². The van der Waals surface area contributed by atoms with Crippen molar-refractivity contribution in [2.75, 3.05) is 6.61 Å². The predicted molar refractivity (Wildman–Crippen MR) is 107 cm³/mol. The van der Waals surface area contributed by atoms with Gasteiger partial charge in [0.2, 0.25) is 0 Å². The van der Waals surface area contributed by atoms with Gasteiger partial charge in [-0.15, -0.1) is 0 Å². The van der Waals surface area contributed by atoms with Crippen LogP contribution in [0.1, 0.15) is 23.0 Å². The van der Waals surface area contributed by atoms with Crippen LogP contribution in [0, 0.1) is 10.1 Å². The molecule has 0 unspecified atom stereocenters. The van der Waals surface area contributed by atoms with Gasteiger partial charge in [-0.3, -0.25) is 14.9 Å². The Morgan fingerprint density at radius 2 is 1.90 bits per heavy atom. The SMILES string of the molecule is CCOC(=O)/C=C/c1nn(-c2ccc([N+](=O)[O-])cc2)cc1-c1ccccc1C=O. The molecule has 0 fully saturated rings. The van der Waals surface area contributed by atoms with Gasteiger partial charge in [0, 0.05) is 35.5 Å². The first-order valence-corrected chi connectivity index (χ1v) is 8.77. The smallest absolute Gasteiger partial charge is 0.330 e. The molecule has 1 aromatic heterocycles. The highest BCUT2D eigenvalue weighted by Gasteiger charge is 2.14. The van der Waals surface area contributed by atoms with Crippen LogP contribution in [0.5, 0.6) is 0 Å². The van der Waals surface area contributed by atoms with E-state index >= 15 is 0 Å². The first-order chi connectivity index (χ1) is 14.0. The molecule has 8 nitrogen and oxygen atoms in total. The maximum absolute atomic E-state index is 11.7. The summed E-state index contributed by atoms with van der Waals surface area (Å²) in [5.74, 6) is -0.507. The van der Waals surface area contributed by atoms with Crippen molar-refractivity contribution in [3.63, 3.8) is 0 Å². The molecule has 0 bridgehead atoms. The Hall–Kier alpha value is -4.07. The lowest BCUT2D eigenvalue weighted by atomic mass is 10.0. The summed E-state index contributed by atoms with van der Waals surface area (Å²) >= 11 is 0. The number of non-ortho nitro benzene ring substituents is 1. The Labute approximate surface area is 166 Å². The number of nitrogens with zero attached hydrogens (tertiary/aromatic N) is 3. The summed E-state index contributed by atoms with van der Waals surface area (Å²) in [6.45, 7) is 1.96. The largest absolute Gasteiger partial charge is 0.463 e. The number of ether oxygens (including phenoxy) is 1. The van der Waals surface area contributed by atoms with E-state index in [1.807, 2.05) is 0 Å². The van der Waals surface area contributed by atoms with E-state index in [2.05, 4.69) is 5.10 Å². The molecule has 29 heavy (non-hydrogen) atoms. The Balaban J connectivity index is 2.09. The second kappa shape index (κ2) is 8.75. The molecule has 2 aromatic carbocycles. The minimum Gasteiger partial charge on any atom is -0.463 e. The number of esters is 1. The lowest BCUT2D eigenvalue weighted by Gasteiger charge is -2.03. The van der Waals surface area contributed by atoms with Gasteiger partial charge in [0.15, 0.2) is 6.29 Å². The Morgan fingerprint density at radius 3 is 2.55 bits per heavy atom. The van der Waals surface area contributed by atoms with Gasteiger partial charge in [0.1, 0.15) is 0 Å². The van der Waals surface area contributed by atoms with Crippen molar-refractivity contribution in [2.24, 2.45) is 0 Å². The summed E-state index contributed by atoms with van der Waals surface area (Å²) in [5, 5.41) is 15.3. The minimum atomic E-state index is -0.507. The third-order valence-electron chi connectivity index (χ3n) is 4.11. The monoisotopic (exact) mass is 391 g/mol. The number of benzene rings is 2. The molecule has 3 rings (SSSR count). The van der Waals surface area contributed by atoms with E-state index in [1.165, 1.54) is 29.0 Å². The van der Waals surface area contributed by atoms with Crippen LogP contribution in [0.2, 0.25) is 0 Å². The molecule has 146 valence electrons. The van der Waals surface area contributed by atoms with Crippen molar-refractivity contribution in [1.82, 2.24) is 9.78 Å². The fraction of sp³-hybridized carbons (Fsp3) is 0.0952. The summed E-state index contributed by atoms with van der Waals surface area (Å²) in [7, 11) is 0. The topological polar surface area (TPSA) is 104 Å². The fourth-order valence-corrected chi connectivity index (χ4v) is 2.76. The van der Waals surface area contributed by atoms with Crippen molar-refractivity contribution in [1.29, 1.82) is 0 Å². The van der Waals surface area contributed by atoms with Crippen LogP contribution in [0.4, 0.5) is 5.69 Å². The molecule has 3 aromatic rings. The Kier molecular flexibility index (Phi) is 5.94. The molecule has 0 radical (unpaired) electrons. The van der Waals surface area contributed by atoms with Crippen LogP contribution in [-0.4, -0.2) is 33.6 Å². The molecule has 0 aliphatic carbocycles.